The number of aryl methyl sites for hydroxylation is 1. The monoisotopic (exact) mass is 366 g/mol. The maximum Gasteiger partial charge on any atom is 0.291 e. The molecule has 0 radical (unpaired) electrons. The van der Waals surface area contributed by atoms with Crippen molar-refractivity contribution in [1.82, 2.24) is 10.4 Å². The summed E-state index contributed by atoms with van der Waals surface area (Å²) < 4.78 is 0. The zero-order valence-electron chi connectivity index (χ0n) is 13.7. The molecule has 0 unspecified atom stereocenters. The molecule has 0 aliphatic rings. The fourth-order valence-corrected chi connectivity index (χ4v) is 3.16. The van der Waals surface area contributed by atoms with Crippen LogP contribution in [0.4, 0.5) is 5.69 Å². The van der Waals surface area contributed by atoms with Gasteiger partial charge in [-0.2, -0.15) is 5.10 Å². The van der Waals surface area contributed by atoms with Crippen molar-refractivity contribution < 1.29 is 9.72 Å². The Morgan fingerprint density at radius 2 is 2.00 bits per heavy atom. The molecule has 1 amide bonds. The SMILES string of the molecule is Cc1sc(-c2ccccc2)nc1C(=O)N/N=C\c1cccc([N+](=O)[O-])c1. The van der Waals surface area contributed by atoms with Crippen LogP contribution in [0, 0.1) is 17.0 Å². The van der Waals surface area contributed by atoms with Crippen LogP contribution in [0.15, 0.2) is 59.7 Å². The molecule has 7 nitrogen and oxygen atoms in total. The Bertz CT molecular complexity index is 983. The van der Waals surface area contributed by atoms with E-state index in [2.05, 4.69) is 15.5 Å². The van der Waals surface area contributed by atoms with E-state index in [1.54, 1.807) is 12.1 Å². The number of nitro groups is 1. The molecule has 0 fully saturated rings. The van der Waals surface area contributed by atoms with Crippen LogP contribution in [-0.4, -0.2) is 22.0 Å². The number of aromatic nitrogens is 1. The van der Waals surface area contributed by atoms with Crippen molar-refractivity contribution in [2.24, 2.45) is 5.10 Å². The van der Waals surface area contributed by atoms with E-state index >= 15 is 0 Å². The molecular weight excluding hydrogens is 352 g/mol. The van der Waals surface area contributed by atoms with Gasteiger partial charge in [-0.05, 0) is 6.92 Å². The summed E-state index contributed by atoms with van der Waals surface area (Å²) in [4.78, 5) is 27.7. The normalized spacial score (nSPS) is 10.8. The highest BCUT2D eigenvalue weighted by Gasteiger charge is 2.15. The van der Waals surface area contributed by atoms with Crippen LogP contribution in [-0.2, 0) is 0 Å². The quantitative estimate of drug-likeness (QED) is 0.422. The summed E-state index contributed by atoms with van der Waals surface area (Å²) in [6.07, 6.45) is 1.35. The van der Waals surface area contributed by atoms with Gasteiger partial charge in [0.1, 0.15) is 10.7 Å². The van der Waals surface area contributed by atoms with Gasteiger partial charge in [0.2, 0.25) is 0 Å². The summed E-state index contributed by atoms with van der Waals surface area (Å²) in [5.41, 5.74) is 4.14. The van der Waals surface area contributed by atoms with Gasteiger partial charge in [-0.3, -0.25) is 14.9 Å². The number of hydrogen-bond donors (Lipinski definition) is 1. The number of thiazole rings is 1. The Morgan fingerprint density at radius 1 is 1.23 bits per heavy atom. The predicted molar refractivity (Wildman–Crippen MR) is 100 cm³/mol. The first kappa shape index (κ1) is 17.4. The number of rotatable bonds is 5. The van der Waals surface area contributed by atoms with Crippen molar-refractivity contribution in [1.29, 1.82) is 0 Å². The molecule has 3 aromatic rings. The van der Waals surface area contributed by atoms with E-state index in [-0.39, 0.29) is 5.69 Å². The van der Waals surface area contributed by atoms with Crippen LogP contribution < -0.4 is 5.43 Å². The lowest BCUT2D eigenvalue weighted by Gasteiger charge is -1.98. The molecule has 1 aromatic heterocycles. The number of non-ortho nitro benzene ring substituents is 1. The minimum atomic E-state index is -0.486. The minimum absolute atomic E-state index is 0.0388. The number of nitrogens with zero attached hydrogens (tertiary/aromatic N) is 3. The number of hydrogen-bond acceptors (Lipinski definition) is 6. The van der Waals surface area contributed by atoms with E-state index in [4.69, 9.17) is 0 Å². The second kappa shape index (κ2) is 7.66. The van der Waals surface area contributed by atoms with Gasteiger partial charge >= 0.3 is 0 Å². The Labute approximate surface area is 153 Å². The second-order valence-corrected chi connectivity index (χ2v) is 6.54. The van der Waals surface area contributed by atoms with E-state index < -0.39 is 10.8 Å². The molecule has 0 spiro atoms. The van der Waals surface area contributed by atoms with Gasteiger partial charge in [0.15, 0.2) is 0 Å². The van der Waals surface area contributed by atoms with Crippen molar-refractivity contribution in [2.45, 2.75) is 6.92 Å². The summed E-state index contributed by atoms with van der Waals surface area (Å²) in [6, 6.07) is 15.6. The molecule has 26 heavy (non-hydrogen) atoms. The average molecular weight is 366 g/mol. The first-order chi connectivity index (χ1) is 12.5. The molecule has 0 bridgehead atoms. The number of carbonyl (C=O) groups excluding carboxylic acids is 1. The summed E-state index contributed by atoms with van der Waals surface area (Å²) in [7, 11) is 0. The van der Waals surface area contributed by atoms with Gasteiger partial charge in [0.05, 0.1) is 11.1 Å². The number of amides is 1. The summed E-state index contributed by atoms with van der Waals surface area (Å²) >= 11 is 1.43. The van der Waals surface area contributed by atoms with Crippen molar-refractivity contribution in [3.8, 4) is 10.6 Å². The van der Waals surface area contributed by atoms with Gasteiger partial charge in [0.25, 0.3) is 11.6 Å². The fraction of sp³-hybridized carbons (Fsp3) is 0.0556. The lowest BCUT2D eigenvalue weighted by atomic mass is 10.2. The largest absolute Gasteiger partial charge is 0.291 e. The number of hydrazone groups is 1. The average Bonchev–Trinajstić information content (AvgIpc) is 3.04. The topological polar surface area (TPSA) is 97.5 Å². The molecule has 0 atom stereocenters. The van der Waals surface area contributed by atoms with Gasteiger partial charge in [-0.25, -0.2) is 10.4 Å². The van der Waals surface area contributed by atoms with Crippen molar-refractivity contribution in [3.63, 3.8) is 0 Å². The van der Waals surface area contributed by atoms with Crippen molar-refractivity contribution >= 4 is 29.1 Å². The number of carbonyl (C=O) groups is 1. The van der Waals surface area contributed by atoms with Crippen molar-refractivity contribution in [3.05, 3.63) is 80.8 Å². The number of nitro benzene ring substituents is 1. The number of benzene rings is 2. The third-order valence-corrected chi connectivity index (χ3v) is 4.51. The van der Waals surface area contributed by atoms with E-state index in [0.29, 0.717) is 11.3 Å². The van der Waals surface area contributed by atoms with E-state index in [1.165, 1.54) is 29.7 Å². The summed E-state index contributed by atoms with van der Waals surface area (Å²) in [5.74, 6) is -0.428. The van der Waals surface area contributed by atoms with Crippen LogP contribution >= 0.6 is 11.3 Å². The van der Waals surface area contributed by atoms with Crippen LogP contribution in [0.5, 0.6) is 0 Å². The summed E-state index contributed by atoms with van der Waals surface area (Å²) in [6.45, 7) is 1.82. The Balaban J connectivity index is 1.72. The molecule has 0 saturated heterocycles. The molecule has 8 heteroatoms. The van der Waals surface area contributed by atoms with E-state index in [0.717, 1.165) is 15.4 Å². The highest BCUT2D eigenvalue weighted by Crippen LogP contribution is 2.27. The highest BCUT2D eigenvalue weighted by atomic mass is 32.1. The maximum absolute atomic E-state index is 12.3. The lowest BCUT2D eigenvalue weighted by molar-refractivity contribution is -0.384. The first-order valence-electron chi connectivity index (χ1n) is 7.65. The van der Waals surface area contributed by atoms with Gasteiger partial charge in [-0.1, -0.05) is 42.5 Å². The maximum atomic E-state index is 12.3. The molecule has 3 rings (SSSR count). The van der Waals surface area contributed by atoms with E-state index in [9.17, 15) is 14.9 Å². The van der Waals surface area contributed by atoms with E-state index in [1.807, 2.05) is 37.3 Å². The Morgan fingerprint density at radius 3 is 2.73 bits per heavy atom. The molecule has 0 aliphatic heterocycles. The Kier molecular flexibility index (Phi) is 5.14. The predicted octanol–water partition coefficient (Wildman–Crippen LogP) is 3.79. The highest BCUT2D eigenvalue weighted by molar-refractivity contribution is 7.15. The van der Waals surface area contributed by atoms with Gasteiger partial charge in [0, 0.05) is 28.1 Å². The minimum Gasteiger partial charge on any atom is -0.266 e. The molecule has 2 aromatic carbocycles. The fourth-order valence-electron chi connectivity index (χ4n) is 2.25. The Hall–Kier alpha value is -3.39. The zero-order valence-corrected chi connectivity index (χ0v) is 14.6. The van der Waals surface area contributed by atoms with Gasteiger partial charge < -0.3 is 0 Å². The molecule has 130 valence electrons. The van der Waals surface area contributed by atoms with Crippen molar-refractivity contribution in [2.75, 3.05) is 0 Å². The lowest BCUT2D eigenvalue weighted by Crippen LogP contribution is -2.18. The molecule has 0 saturated carbocycles. The van der Waals surface area contributed by atoms with Crippen LogP contribution in [0.3, 0.4) is 0 Å². The molecule has 0 aliphatic carbocycles. The third-order valence-electron chi connectivity index (χ3n) is 3.49. The third kappa shape index (κ3) is 3.98. The zero-order chi connectivity index (χ0) is 18.5. The standard InChI is InChI=1S/C18H14N4O3S/c1-12-16(20-18(26-12)14-7-3-2-4-8-14)17(23)21-19-11-13-6-5-9-15(10-13)22(24)25/h2-11H,1H3,(H,21,23)/b19-11-. The smallest absolute Gasteiger partial charge is 0.266 e. The first-order valence-corrected chi connectivity index (χ1v) is 8.47. The van der Waals surface area contributed by atoms with Gasteiger partial charge in [-0.15, -0.1) is 11.3 Å². The molecule has 1 heterocycles. The van der Waals surface area contributed by atoms with Crippen LogP contribution in [0.2, 0.25) is 0 Å². The number of nitrogens with one attached hydrogen (secondary N) is 1. The molecular formula is C18H14N4O3S. The molecule has 1 N–H and O–H groups in total. The van der Waals surface area contributed by atoms with Crippen LogP contribution in [0.25, 0.3) is 10.6 Å². The second-order valence-electron chi connectivity index (χ2n) is 5.34. The van der Waals surface area contributed by atoms with Crippen LogP contribution in [0.1, 0.15) is 20.9 Å². The summed E-state index contributed by atoms with van der Waals surface area (Å²) in [5, 5.41) is 15.4.